The van der Waals surface area contributed by atoms with Crippen molar-refractivity contribution >= 4 is 44.4 Å². The number of pyridine rings is 1. The van der Waals surface area contributed by atoms with Crippen molar-refractivity contribution < 1.29 is 4.79 Å². The molecule has 0 aliphatic carbocycles. The SMILES string of the molecule is CC(Sc1nnc(-c2cccnc2)n1C)C(=O)Nc1nc2ccccc2s1. The van der Waals surface area contributed by atoms with Gasteiger partial charge in [-0.05, 0) is 31.2 Å². The van der Waals surface area contributed by atoms with Gasteiger partial charge in [0.2, 0.25) is 5.91 Å². The third-order valence-electron chi connectivity index (χ3n) is 3.93. The average molecular weight is 397 g/mol. The molecule has 136 valence electrons. The smallest absolute Gasteiger partial charge is 0.239 e. The molecular weight excluding hydrogens is 380 g/mol. The first-order chi connectivity index (χ1) is 13.1. The van der Waals surface area contributed by atoms with Crippen molar-refractivity contribution in [3.63, 3.8) is 0 Å². The van der Waals surface area contributed by atoms with Crippen LogP contribution in [0.4, 0.5) is 5.13 Å². The van der Waals surface area contributed by atoms with Crippen LogP contribution >= 0.6 is 23.1 Å². The van der Waals surface area contributed by atoms with Crippen LogP contribution in [0.3, 0.4) is 0 Å². The number of carbonyl (C=O) groups is 1. The van der Waals surface area contributed by atoms with E-state index in [0.29, 0.717) is 16.1 Å². The summed E-state index contributed by atoms with van der Waals surface area (Å²) >= 11 is 2.82. The Kier molecular flexibility index (Phi) is 4.87. The lowest BCUT2D eigenvalue weighted by Crippen LogP contribution is -2.22. The largest absolute Gasteiger partial charge is 0.305 e. The van der Waals surface area contributed by atoms with Gasteiger partial charge in [-0.2, -0.15) is 0 Å². The van der Waals surface area contributed by atoms with Gasteiger partial charge in [-0.3, -0.25) is 9.78 Å². The van der Waals surface area contributed by atoms with Gasteiger partial charge < -0.3 is 9.88 Å². The standard InChI is InChI=1S/C18H16N6OS2/c1-11(16(25)21-17-20-13-7-3-4-8-14(13)27-17)26-18-23-22-15(24(18)2)12-6-5-9-19-10-12/h3-11H,1-2H3,(H,20,21,25). The predicted molar refractivity (Wildman–Crippen MR) is 108 cm³/mol. The second kappa shape index (κ2) is 7.45. The zero-order valence-corrected chi connectivity index (χ0v) is 16.3. The Labute approximate surface area is 163 Å². The lowest BCUT2D eigenvalue weighted by Gasteiger charge is -2.10. The summed E-state index contributed by atoms with van der Waals surface area (Å²) in [6.07, 6.45) is 3.45. The Morgan fingerprint density at radius 2 is 2.07 bits per heavy atom. The number of anilines is 1. The summed E-state index contributed by atoms with van der Waals surface area (Å²) in [6.45, 7) is 1.84. The number of rotatable bonds is 5. The Balaban J connectivity index is 1.46. The van der Waals surface area contributed by atoms with E-state index in [1.807, 2.05) is 54.9 Å². The van der Waals surface area contributed by atoms with E-state index in [-0.39, 0.29) is 11.2 Å². The number of nitrogens with zero attached hydrogens (tertiary/aromatic N) is 5. The molecule has 7 nitrogen and oxygen atoms in total. The average Bonchev–Trinajstić information content (AvgIpc) is 3.25. The Bertz CT molecular complexity index is 1060. The second-order valence-electron chi connectivity index (χ2n) is 5.84. The lowest BCUT2D eigenvalue weighted by atomic mass is 10.3. The molecular formula is C18H16N6OS2. The number of fused-ring (bicyclic) bond motifs is 1. The van der Waals surface area contributed by atoms with Crippen LogP contribution in [0.15, 0.2) is 53.9 Å². The molecule has 0 aliphatic heterocycles. The molecule has 1 amide bonds. The highest BCUT2D eigenvalue weighted by molar-refractivity contribution is 8.00. The van der Waals surface area contributed by atoms with Gasteiger partial charge in [-0.15, -0.1) is 10.2 Å². The molecule has 0 radical (unpaired) electrons. The minimum absolute atomic E-state index is 0.120. The summed E-state index contributed by atoms with van der Waals surface area (Å²) < 4.78 is 2.91. The van der Waals surface area contributed by atoms with Gasteiger partial charge in [0.05, 0.1) is 15.5 Å². The van der Waals surface area contributed by atoms with Gasteiger partial charge >= 0.3 is 0 Å². The molecule has 0 aliphatic rings. The van der Waals surface area contributed by atoms with Crippen molar-refractivity contribution in [3.8, 4) is 11.4 Å². The van der Waals surface area contributed by atoms with Gasteiger partial charge in [0.25, 0.3) is 0 Å². The Morgan fingerprint density at radius 3 is 2.85 bits per heavy atom. The van der Waals surface area contributed by atoms with Crippen LogP contribution in [0.25, 0.3) is 21.6 Å². The van der Waals surface area contributed by atoms with Crippen molar-refractivity contribution in [2.45, 2.75) is 17.3 Å². The van der Waals surface area contributed by atoms with E-state index < -0.39 is 0 Å². The molecule has 1 N–H and O–H groups in total. The summed E-state index contributed by atoms with van der Waals surface area (Å²) in [7, 11) is 1.88. The van der Waals surface area contributed by atoms with E-state index in [2.05, 4.69) is 25.5 Å². The number of amides is 1. The van der Waals surface area contributed by atoms with Crippen LogP contribution in [0.5, 0.6) is 0 Å². The van der Waals surface area contributed by atoms with E-state index in [1.165, 1.54) is 23.1 Å². The van der Waals surface area contributed by atoms with Crippen molar-refractivity contribution in [2.24, 2.45) is 7.05 Å². The van der Waals surface area contributed by atoms with E-state index in [9.17, 15) is 4.79 Å². The van der Waals surface area contributed by atoms with Crippen molar-refractivity contribution in [3.05, 3.63) is 48.8 Å². The number of hydrogen-bond acceptors (Lipinski definition) is 7. The van der Waals surface area contributed by atoms with Crippen LogP contribution in [0.1, 0.15) is 6.92 Å². The normalized spacial score (nSPS) is 12.2. The number of nitrogens with one attached hydrogen (secondary N) is 1. The molecule has 3 heterocycles. The van der Waals surface area contributed by atoms with Crippen molar-refractivity contribution in [1.82, 2.24) is 24.7 Å². The first-order valence-corrected chi connectivity index (χ1v) is 9.94. The summed E-state index contributed by atoms with van der Waals surface area (Å²) in [4.78, 5) is 21.1. The summed E-state index contributed by atoms with van der Waals surface area (Å²) in [5, 5.41) is 12.2. The van der Waals surface area contributed by atoms with Crippen LogP contribution in [-0.2, 0) is 11.8 Å². The highest BCUT2D eigenvalue weighted by Crippen LogP contribution is 2.28. The van der Waals surface area contributed by atoms with Crippen LogP contribution in [-0.4, -0.2) is 35.9 Å². The van der Waals surface area contributed by atoms with E-state index in [0.717, 1.165) is 15.8 Å². The monoisotopic (exact) mass is 396 g/mol. The zero-order valence-electron chi connectivity index (χ0n) is 14.7. The zero-order chi connectivity index (χ0) is 18.8. The Hall–Kier alpha value is -2.78. The lowest BCUT2D eigenvalue weighted by molar-refractivity contribution is -0.115. The number of thiazole rings is 1. The van der Waals surface area contributed by atoms with Gasteiger partial charge in [0.15, 0.2) is 16.1 Å². The maximum atomic E-state index is 12.5. The molecule has 4 rings (SSSR count). The first kappa shape index (κ1) is 17.6. The summed E-state index contributed by atoms with van der Waals surface area (Å²) in [6, 6.07) is 11.6. The number of aromatic nitrogens is 5. The third kappa shape index (κ3) is 3.69. The minimum Gasteiger partial charge on any atom is -0.305 e. The van der Waals surface area contributed by atoms with Gasteiger partial charge in [-0.1, -0.05) is 35.2 Å². The number of thioether (sulfide) groups is 1. The molecule has 0 saturated heterocycles. The van der Waals surface area contributed by atoms with Crippen LogP contribution in [0, 0.1) is 0 Å². The van der Waals surface area contributed by atoms with E-state index in [1.54, 1.807) is 12.4 Å². The van der Waals surface area contributed by atoms with Crippen LogP contribution < -0.4 is 5.32 Å². The molecule has 3 aromatic heterocycles. The quantitative estimate of drug-likeness (QED) is 0.519. The van der Waals surface area contributed by atoms with Gasteiger partial charge in [0.1, 0.15) is 0 Å². The topological polar surface area (TPSA) is 85.6 Å². The number of hydrogen-bond donors (Lipinski definition) is 1. The molecule has 1 aromatic carbocycles. The summed E-state index contributed by atoms with van der Waals surface area (Å²) in [5.74, 6) is 0.592. The molecule has 0 spiro atoms. The third-order valence-corrected chi connectivity index (χ3v) is 6.02. The number of carbonyl (C=O) groups excluding carboxylic acids is 1. The molecule has 27 heavy (non-hydrogen) atoms. The first-order valence-electron chi connectivity index (χ1n) is 8.24. The second-order valence-corrected chi connectivity index (χ2v) is 8.18. The maximum absolute atomic E-state index is 12.5. The van der Waals surface area contributed by atoms with E-state index >= 15 is 0 Å². The van der Waals surface area contributed by atoms with Gasteiger partial charge in [0, 0.05) is 25.0 Å². The molecule has 0 fully saturated rings. The van der Waals surface area contributed by atoms with Crippen molar-refractivity contribution in [2.75, 3.05) is 5.32 Å². The van der Waals surface area contributed by atoms with Crippen LogP contribution in [0.2, 0.25) is 0 Å². The highest BCUT2D eigenvalue weighted by Gasteiger charge is 2.20. The highest BCUT2D eigenvalue weighted by atomic mass is 32.2. The molecule has 1 atom stereocenters. The fourth-order valence-corrected chi connectivity index (χ4v) is 4.19. The predicted octanol–water partition coefficient (Wildman–Crippen LogP) is 3.61. The minimum atomic E-state index is -0.346. The van der Waals surface area contributed by atoms with Gasteiger partial charge in [-0.25, -0.2) is 4.98 Å². The Morgan fingerprint density at radius 1 is 1.22 bits per heavy atom. The fourth-order valence-electron chi connectivity index (χ4n) is 2.51. The fraction of sp³-hybridized carbons (Fsp3) is 0.167. The van der Waals surface area contributed by atoms with Crippen molar-refractivity contribution in [1.29, 1.82) is 0 Å². The number of benzene rings is 1. The molecule has 0 saturated carbocycles. The molecule has 1 unspecified atom stereocenters. The summed E-state index contributed by atoms with van der Waals surface area (Å²) in [5.41, 5.74) is 1.76. The van der Waals surface area contributed by atoms with E-state index in [4.69, 9.17) is 0 Å². The molecule has 0 bridgehead atoms. The number of para-hydroxylation sites is 1. The molecule has 4 aromatic rings. The maximum Gasteiger partial charge on any atom is 0.239 e. The molecule has 9 heteroatoms.